The van der Waals surface area contributed by atoms with Crippen LogP contribution in [0, 0.1) is 0 Å². The zero-order valence-electron chi connectivity index (χ0n) is 9.97. The Morgan fingerprint density at radius 1 is 1.22 bits per heavy atom. The number of carbonyl (C=O) groups is 1. The first kappa shape index (κ1) is 11.2. The first-order chi connectivity index (χ1) is 8.81. The highest BCUT2D eigenvalue weighted by molar-refractivity contribution is 7.17. The quantitative estimate of drug-likeness (QED) is 0.654. The minimum atomic E-state index is 0.0537. The van der Waals surface area contributed by atoms with E-state index in [0.29, 0.717) is 5.56 Å². The molecule has 90 valence electrons. The van der Waals surface area contributed by atoms with Gasteiger partial charge in [0.1, 0.15) is 5.76 Å². The predicted octanol–water partition coefficient (Wildman–Crippen LogP) is 4.29. The monoisotopic (exact) mass is 256 g/mol. The molecule has 0 saturated heterocycles. The third-order valence-corrected chi connectivity index (χ3v) is 4.00. The number of hydrogen-bond acceptors (Lipinski definition) is 3. The van der Waals surface area contributed by atoms with E-state index in [9.17, 15) is 4.79 Å². The molecule has 3 aromatic rings. The zero-order chi connectivity index (χ0) is 12.5. The Kier molecular flexibility index (Phi) is 2.76. The van der Waals surface area contributed by atoms with E-state index in [0.717, 1.165) is 27.8 Å². The average Bonchev–Trinajstić information content (AvgIpc) is 3.04. The maximum atomic E-state index is 12.5. The molecule has 2 aromatic heterocycles. The molecule has 18 heavy (non-hydrogen) atoms. The number of ketones is 1. The van der Waals surface area contributed by atoms with Gasteiger partial charge < -0.3 is 4.42 Å². The number of rotatable bonds is 3. The maximum absolute atomic E-state index is 12.5. The fourth-order valence-corrected chi connectivity index (χ4v) is 3.06. The van der Waals surface area contributed by atoms with Crippen LogP contribution in [0.4, 0.5) is 0 Å². The smallest absolute Gasteiger partial charge is 0.198 e. The highest BCUT2D eigenvalue weighted by atomic mass is 32.1. The van der Waals surface area contributed by atoms with E-state index in [1.54, 1.807) is 23.7 Å². The van der Waals surface area contributed by atoms with Crippen LogP contribution in [0.25, 0.3) is 10.1 Å². The van der Waals surface area contributed by atoms with Gasteiger partial charge in [0.2, 0.25) is 0 Å². The van der Waals surface area contributed by atoms with Crippen molar-refractivity contribution < 1.29 is 9.21 Å². The topological polar surface area (TPSA) is 30.2 Å². The van der Waals surface area contributed by atoms with Crippen molar-refractivity contribution >= 4 is 27.2 Å². The summed E-state index contributed by atoms with van der Waals surface area (Å²) in [7, 11) is 0. The summed E-state index contributed by atoms with van der Waals surface area (Å²) in [5.74, 6) is 0.813. The van der Waals surface area contributed by atoms with Gasteiger partial charge in [0.15, 0.2) is 5.78 Å². The molecule has 2 heterocycles. The highest BCUT2D eigenvalue weighted by Gasteiger charge is 2.18. The van der Waals surface area contributed by atoms with E-state index >= 15 is 0 Å². The van der Waals surface area contributed by atoms with Gasteiger partial charge in [-0.05, 0) is 12.1 Å². The lowest BCUT2D eigenvalue weighted by Gasteiger charge is -1.99. The molecule has 0 fully saturated rings. The van der Waals surface area contributed by atoms with Crippen molar-refractivity contribution in [1.29, 1.82) is 0 Å². The van der Waals surface area contributed by atoms with Crippen LogP contribution in [0.2, 0.25) is 0 Å². The standard InChI is InChI=1S/C15H12O2S/c1-2-13-11(7-8-17-13)15(16)12-9-18-14-6-4-3-5-10(12)14/h3-9H,2H2,1H3. The molecule has 0 radical (unpaired) electrons. The van der Waals surface area contributed by atoms with E-state index in [2.05, 4.69) is 0 Å². The molecule has 0 aliphatic carbocycles. The minimum Gasteiger partial charge on any atom is -0.469 e. The van der Waals surface area contributed by atoms with Crippen molar-refractivity contribution in [3.63, 3.8) is 0 Å². The third kappa shape index (κ3) is 1.68. The van der Waals surface area contributed by atoms with Crippen LogP contribution >= 0.6 is 11.3 Å². The molecular weight excluding hydrogens is 244 g/mol. The summed E-state index contributed by atoms with van der Waals surface area (Å²) in [6.07, 6.45) is 2.32. The van der Waals surface area contributed by atoms with Gasteiger partial charge in [-0.2, -0.15) is 0 Å². The molecule has 0 spiro atoms. The number of aryl methyl sites for hydroxylation is 1. The Bertz CT molecular complexity index is 706. The van der Waals surface area contributed by atoms with Crippen molar-refractivity contribution in [2.45, 2.75) is 13.3 Å². The molecule has 0 bridgehead atoms. The molecule has 0 unspecified atom stereocenters. The maximum Gasteiger partial charge on any atom is 0.198 e. The average molecular weight is 256 g/mol. The van der Waals surface area contributed by atoms with Gasteiger partial charge in [-0.3, -0.25) is 4.79 Å². The lowest BCUT2D eigenvalue weighted by Crippen LogP contribution is -2.01. The van der Waals surface area contributed by atoms with E-state index in [-0.39, 0.29) is 5.78 Å². The summed E-state index contributed by atoms with van der Waals surface area (Å²) in [4.78, 5) is 12.5. The minimum absolute atomic E-state index is 0.0537. The fourth-order valence-electron chi connectivity index (χ4n) is 2.12. The van der Waals surface area contributed by atoms with E-state index in [1.165, 1.54) is 0 Å². The van der Waals surface area contributed by atoms with Gasteiger partial charge in [0.05, 0.1) is 11.8 Å². The van der Waals surface area contributed by atoms with Crippen LogP contribution in [-0.2, 0) is 6.42 Å². The van der Waals surface area contributed by atoms with Gasteiger partial charge in [-0.1, -0.05) is 25.1 Å². The summed E-state index contributed by atoms with van der Waals surface area (Å²) in [6.45, 7) is 1.99. The molecule has 0 amide bonds. The second-order valence-corrected chi connectivity index (χ2v) is 5.00. The number of hydrogen-bond donors (Lipinski definition) is 0. The molecule has 2 nitrogen and oxygen atoms in total. The van der Waals surface area contributed by atoms with Gasteiger partial charge >= 0.3 is 0 Å². The predicted molar refractivity (Wildman–Crippen MR) is 73.3 cm³/mol. The van der Waals surface area contributed by atoms with E-state index in [4.69, 9.17) is 4.42 Å². The van der Waals surface area contributed by atoms with Gasteiger partial charge in [0.25, 0.3) is 0 Å². The summed E-state index contributed by atoms with van der Waals surface area (Å²) >= 11 is 1.60. The lowest BCUT2D eigenvalue weighted by molar-refractivity contribution is 0.103. The Morgan fingerprint density at radius 3 is 2.89 bits per heavy atom. The van der Waals surface area contributed by atoms with Crippen LogP contribution in [0.5, 0.6) is 0 Å². The first-order valence-electron chi connectivity index (χ1n) is 5.88. The third-order valence-electron chi connectivity index (χ3n) is 3.04. The Hall–Kier alpha value is -1.87. The number of furan rings is 1. The zero-order valence-corrected chi connectivity index (χ0v) is 10.8. The molecule has 0 aliphatic heterocycles. The molecule has 0 atom stereocenters. The van der Waals surface area contributed by atoms with Gasteiger partial charge in [-0.25, -0.2) is 0 Å². The molecule has 0 saturated carbocycles. The SMILES string of the molecule is CCc1occc1C(=O)c1csc2ccccc12. The molecule has 0 aliphatic rings. The number of carbonyl (C=O) groups excluding carboxylic acids is 1. The van der Waals surface area contributed by atoms with Crippen LogP contribution < -0.4 is 0 Å². The first-order valence-corrected chi connectivity index (χ1v) is 6.76. The van der Waals surface area contributed by atoms with Crippen LogP contribution in [0.3, 0.4) is 0 Å². The van der Waals surface area contributed by atoms with Crippen molar-refractivity contribution in [3.05, 3.63) is 58.9 Å². The number of benzene rings is 1. The van der Waals surface area contributed by atoms with Crippen LogP contribution in [-0.4, -0.2) is 5.78 Å². The van der Waals surface area contributed by atoms with Crippen LogP contribution in [0.15, 0.2) is 46.4 Å². The molecular formula is C15H12O2S. The second kappa shape index (κ2) is 4.42. The molecule has 1 aromatic carbocycles. The van der Waals surface area contributed by atoms with Gasteiger partial charge in [0, 0.05) is 27.5 Å². The highest BCUT2D eigenvalue weighted by Crippen LogP contribution is 2.28. The van der Waals surface area contributed by atoms with E-state index in [1.807, 2.05) is 36.6 Å². The molecule has 0 N–H and O–H groups in total. The molecule has 3 heteroatoms. The van der Waals surface area contributed by atoms with Gasteiger partial charge in [-0.15, -0.1) is 11.3 Å². The fraction of sp³-hybridized carbons (Fsp3) is 0.133. The summed E-state index contributed by atoms with van der Waals surface area (Å²) < 4.78 is 6.47. The normalized spacial score (nSPS) is 10.9. The summed E-state index contributed by atoms with van der Waals surface area (Å²) in [6, 6.07) is 9.73. The summed E-state index contributed by atoms with van der Waals surface area (Å²) in [5, 5.41) is 2.95. The van der Waals surface area contributed by atoms with Crippen molar-refractivity contribution in [1.82, 2.24) is 0 Å². The van der Waals surface area contributed by atoms with Crippen molar-refractivity contribution in [2.24, 2.45) is 0 Å². The van der Waals surface area contributed by atoms with E-state index < -0.39 is 0 Å². The van der Waals surface area contributed by atoms with Crippen molar-refractivity contribution in [3.8, 4) is 0 Å². The molecule has 3 rings (SSSR count). The Labute approximate surface area is 109 Å². The Balaban J connectivity index is 2.13. The van der Waals surface area contributed by atoms with Crippen LogP contribution in [0.1, 0.15) is 28.6 Å². The van der Waals surface area contributed by atoms with Crippen molar-refractivity contribution in [2.75, 3.05) is 0 Å². The lowest BCUT2D eigenvalue weighted by atomic mass is 10.0. The second-order valence-electron chi connectivity index (χ2n) is 4.09. The Morgan fingerprint density at radius 2 is 2.06 bits per heavy atom. The number of thiophene rings is 1. The summed E-state index contributed by atoms with van der Waals surface area (Å²) in [5.41, 5.74) is 1.45. The number of fused-ring (bicyclic) bond motifs is 1. The largest absolute Gasteiger partial charge is 0.469 e.